The minimum atomic E-state index is -0.0834. The Morgan fingerprint density at radius 3 is 2.38 bits per heavy atom. The molecular weight excluding hydrogens is 384 g/mol. The fraction of sp³-hybridized carbons (Fsp3) is 0.304. The average molecular weight is 411 g/mol. The molecule has 1 amide bonds. The van der Waals surface area contributed by atoms with Gasteiger partial charge in [-0.05, 0) is 35.8 Å². The first-order valence-electron chi connectivity index (χ1n) is 9.83. The zero-order chi connectivity index (χ0) is 20.5. The van der Waals surface area contributed by atoms with E-state index < -0.39 is 0 Å². The van der Waals surface area contributed by atoms with Crippen LogP contribution in [0, 0.1) is 0 Å². The largest absolute Gasteiger partial charge is 0.297 e. The lowest BCUT2D eigenvalue weighted by atomic mass is 10.1. The maximum absolute atomic E-state index is 12.1. The van der Waals surface area contributed by atoms with Crippen molar-refractivity contribution in [3.63, 3.8) is 0 Å². The Kier molecular flexibility index (Phi) is 7.99. The standard InChI is InChI=1S/C23H27ClN4O/c1-19(15-20-5-3-2-4-6-20)16-25-26-23(29)18-28-13-11-27(12-14-28)17-21-7-9-22(24)10-8-21/h2-10,15-16H,11-14,17-18H2,1H3,(H,26,29)/b19-15+,25-16+. The highest BCUT2D eigenvalue weighted by molar-refractivity contribution is 6.30. The van der Waals surface area contributed by atoms with Crippen LogP contribution in [0.1, 0.15) is 18.1 Å². The number of piperazine rings is 1. The number of allylic oxidation sites excluding steroid dienone is 1. The van der Waals surface area contributed by atoms with Gasteiger partial charge in [0.1, 0.15) is 0 Å². The molecule has 0 aromatic heterocycles. The van der Waals surface area contributed by atoms with Crippen LogP contribution in [0.25, 0.3) is 6.08 Å². The van der Waals surface area contributed by atoms with Gasteiger partial charge >= 0.3 is 0 Å². The highest BCUT2D eigenvalue weighted by Crippen LogP contribution is 2.13. The number of nitrogens with zero attached hydrogens (tertiary/aromatic N) is 3. The van der Waals surface area contributed by atoms with Crippen LogP contribution in [0.2, 0.25) is 5.02 Å². The number of rotatable bonds is 7. The lowest BCUT2D eigenvalue weighted by Crippen LogP contribution is -2.48. The number of hydrogen-bond donors (Lipinski definition) is 1. The predicted molar refractivity (Wildman–Crippen MR) is 120 cm³/mol. The van der Waals surface area contributed by atoms with Crippen LogP contribution in [0.4, 0.5) is 0 Å². The molecule has 1 fully saturated rings. The molecule has 6 heteroatoms. The van der Waals surface area contributed by atoms with E-state index in [2.05, 4.69) is 32.5 Å². The topological polar surface area (TPSA) is 47.9 Å². The zero-order valence-electron chi connectivity index (χ0n) is 16.7. The Labute approximate surface area is 177 Å². The summed E-state index contributed by atoms with van der Waals surface area (Å²) in [6.07, 6.45) is 3.70. The molecule has 1 aliphatic rings. The first-order chi connectivity index (χ1) is 14.1. The molecule has 0 aliphatic carbocycles. The van der Waals surface area contributed by atoms with Gasteiger partial charge in [-0.3, -0.25) is 14.6 Å². The summed E-state index contributed by atoms with van der Waals surface area (Å²) in [6, 6.07) is 18.0. The number of halogens is 1. The fourth-order valence-corrected chi connectivity index (χ4v) is 3.37. The molecule has 0 radical (unpaired) electrons. The SMILES string of the molecule is CC(/C=N/NC(=O)CN1CCN(Cc2ccc(Cl)cc2)CC1)=C\c1ccccc1. The summed E-state index contributed by atoms with van der Waals surface area (Å²) in [5.41, 5.74) is 5.97. The van der Waals surface area contributed by atoms with Gasteiger partial charge in [0.25, 0.3) is 5.91 Å². The van der Waals surface area contributed by atoms with E-state index in [1.54, 1.807) is 6.21 Å². The van der Waals surface area contributed by atoms with Crippen LogP contribution in [0.3, 0.4) is 0 Å². The smallest absolute Gasteiger partial charge is 0.254 e. The second-order valence-electron chi connectivity index (χ2n) is 7.27. The van der Waals surface area contributed by atoms with E-state index in [1.807, 2.05) is 55.5 Å². The van der Waals surface area contributed by atoms with Crippen LogP contribution in [0.15, 0.2) is 65.3 Å². The van der Waals surface area contributed by atoms with Crippen LogP contribution in [-0.2, 0) is 11.3 Å². The molecule has 0 unspecified atom stereocenters. The molecule has 5 nitrogen and oxygen atoms in total. The van der Waals surface area contributed by atoms with Gasteiger partial charge in [-0.1, -0.05) is 60.1 Å². The summed E-state index contributed by atoms with van der Waals surface area (Å²) < 4.78 is 0. The molecule has 1 heterocycles. The predicted octanol–water partition coefficient (Wildman–Crippen LogP) is 3.66. The molecule has 2 aromatic carbocycles. The van der Waals surface area contributed by atoms with E-state index in [1.165, 1.54) is 5.56 Å². The Morgan fingerprint density at radius 1 is 1.03 bits per heavy atom. The summed E-state index contributed by atoms with van der Waals surface area (Å²) in [4.78, 5) is 16.7. The monoisotopic (exact) mass is 410 g/mol. The Bertz CT molecular complexity index is 841. The Morgan fingerprint density at radius 2 is 1.69 bits per heavy atom. The zero-order valence-corrected chi connectivity index (χ0v) is 17.5. The van der Waals surface area contributed by atoms with E-state index in [0.29, 0.717) is 6.54 Å². The second-order valence-corrected chi connectivity index (χ2v) is 7.71. The van der Waals surface area contributed by atoms with E-state index >= 15 is 0 Å². The molecule has 1 saturated heterocycles. The quantitative estimate of drug-likeness (QED) is 0.559. The number of nitrogens with one attached hydrogen (secondary N) is 1. The van der Waals surface area contributed by atoms with E-state index in [9.17, 15) is 4.79 Å². The first-order valence-corrected chi connectivity index (χ1v) is 10.2. The summed E-state index contributed by atoms with van der Waals surface area (Å²) in [7, 11) is 0. The van der Waals surface area contributed by atoms with Gasteiger partial charge in [-0.15, -0.1) is 0 Å². The summed E-state index contributed by atoms with van der Waals surface area (Å²) in [5.74, 6) is -0.0834. The third-order valence-corrected chi connectivity index (χ3v) is 5.05. The molecule has 152 valence electrons. The normalized spacial score (nSPS) is 16.3. The van der Waals surface area contributed by atoms with E-state index in [4.69, 9.17) is 11.6 Å². The first kappa shape index (κ1) is 21.2. The fourth-order valence-electron chi connectivity index (χ4n) is 3.25. The van der Waals surface area contributed by atoms with Crippen molar-refractivity contribution in [3.8, 4) is 0 Å². The third-order valence-electron chi connectivity index (χ3n) is 4.80. The van der Waals surface area contributed by atoms with Crippen LogP contribution < -0.4 is 5.43 Å². The van der Waals surface area contributed by atoms with Crippen molar-refractivity contribution < 1.29 is 4.79 Å². The molecule has 3 rings (SSSR count). The van der Waals surface area contributed by atoms with Crippen molar-refractivity contribution in [2.75, 3.05) is 32.7 Å². The lowest BCUT2D eigenvalue weighted by Gasteiger charge is -2.34. The van der Waals surface area contributed by atoms with E-state index in [-0.39, 0.29) is 5.91 Å². The van der Waals surface area contributed by atoms with Gasteiger partial charge in [0.05, 0.1) is 12.8 Å². The van der Waals surface area contributed by atoms with Gasteiger partial charge in [0, 0.05) is 37.7 Å². The van der Waals surface area contributed by atoms with Gasteiger partial charge in [-0.2, -0.15) is 5.10 Å². The van der Waals surface area contributed by atoms with Crippen molar-refractivity contribution in [1.29, 1.82) is 0 Å². The van der Waals surface area contributed by atoms with Crippen molar-refractivity contribution >= 4 is 29.8 Å². The summed E-state index contributed by atoms with van der Waals surface area (Å²) in [6.45, 7) is 6.87. The van der Waals surface area contributed by atoms with Gasteiger partial charge in [0.2, 0.25) is 0 Å². The molecule has 29 heavy (non-hydrogen) atoms. The molecule has 0 bridgehead atoms. The molecule has 1 N–H and O–H groups in total. The minimum Gasteiger partial charge on any atom is -0.297 e. The number of hydrogen-bond acceptors (Lipinski definition) is 4. The molecule has 0 atom stereocenters. The Hall–Kier alpha value is -2.47. The van der Waals surface area contributed by atoms with Crippen molar-refractivity contribution in [2.45, 2.75) is 13.5 Å². The van der Waals surface area contributed by atoms with Crippen LogP contribution >= 0.6 is 11.6 Å². The lowest BCUT2D eigenvalue weighted by molar-refractivity contribution is -0.122. The summed E-state index contributed by atoms with van der Waals surface area (Å²) in [5, 5.41) is 4.83. The second kappa shape index (κ2) is 10.9. The van der Waals surface area contributed by atoms with Crippen molar-refractivity contribution in [1.82, 2.24) is 15.2 Å². The third kappa shape index (κ3) is 7.46. The maximum Gasteiger partial charge on any atom is 0.254 e. The Balaban J connectivity index is 1.37. The highest BCUT2D eigenvalue weighted by atomic mass is 35.5. The van der Waals surface area contributed by atoms with Crippen LogP contribution in [-0.4, -0.2) is 54.6 Å². The number of amides is 1. The maximum atomic E-state index is 12.1. The molecular formula is C23H27ClN4O. The molecule has 0 saturated carbocycles. The van der Waals surface area contributed by atoms with E-state index in [0.717, 1.165) is 48.9 Å². The number of carbonyl (C=O) groups excluding carboxylic acids is 1. The van der Waals surface area contributed by atoms with Gasteiger partial charge in [0.15, 0.2) is 0 Å². The molecule has 0 spiro atoms. The number of carbonyl (C=O) groups is 1. The summed E-state index contributed by atoms with van der Waals surface area (Å²) >= 11 is 5.94. The van der Waals surface area contributed by atoms with Crippen molar-refractivity contribution in [2.24, 2.45) is 5.10 Å². The highest BCUT2D eigenvalue weighted by Gasteiger charge is 2.18. The molecule has 1 aliphatic heterocycles. The van der Waals surface area contributed by atoms with Gasteiger partial charge < -0.3 is 0 Å². The molecule has 2 aromatic rings. The van der Waals surface area contributed by atoms with Gasteiger partial charge in [-0.25, -0.2) is 5.43 Å². The number of hydrazone groups is 1. The number of benzene rings is 2. The average Bonchev–Trinajstić information content (AvgIpc) is 2.72. The minimum absolute atomic E-state index is 0.0834. The van der Waals surface area contributed by atoms with Crippen molar-refractivity contribution in [3.05, 3.63) is 76.3 Å². The van der Waals surface area contributed by atoms with Crippen LogP contribution in [0.5, 0.6) is 0 Å².